The van der Waals surface area contributed by atoms with Crippen LogP contribution in [0.1, 0.15) is 65.2 Å². The van der Waals surface area contributed by atoms with Gasteiger partial charge in [0.15, 0.2) is 0 Å². The van der Waals surface area contributed by atoms with E-state index in [-0.39, 0.29) is 22.9 Å². The van der Waals surface area contributed by atoms with Crippen molar-refractivity contribution in [2.24, 2.45) is 34.5 Å². The molecule has 4 aliphatic carbocycles. The molecule has 0 aromatic carbocycles. The number of fused-ring (bicyclic) bond motifs is 5. The fraction of sp³-hybridized carbons (Fsp3) is 0.864. The number of methoxy groups -OCH3 is 1. The molecule has 3 heteroatoms. The second-order valence-electron chi connectivity index (χ2n) is 9.61. The number of hydrogen-bond donors (Lipinski definition) is 1. The molecule has 0 spiro atoms. The van der Waals surface area contributed by atoms with E-state index in [9.17, 15) is 9.90 Å². The second kappa shape index (κ2) is 6.20. The van der Waals surface area contributed by atoms with Crippen LogP contribution in [-0.2, 0) is 9.53 Å². The van der Waals surface area contributed by atoms with Gasteiger partial charge in [0.2, 0.25) is 0 Å². The number of carbonyl (C=O) groups excluding carboxylic acids is 1. The Balaban J connectivity index is 1.69. The monoisotopic (exact) mass is 346 g/mol. The Morgan fingerprint density at radius 1 is 1.24 bits per heavy atom. The van der Waals surface area contributed by atoms with Crippen molar-refractivity contribution in [1.29, 1.82) is 0 Å². The molecule has 4 rings (SSSR count). The Labute approximate surface area is 152 Å². The number of allylic oxidation sites excluding steroid dienone is 1. The molecular weight excluding hydrogens is 312 g/mol. The van der Waals surface area contributed by atoms with Crippen LogP contribution in [0.25, 0.3) is 0 Å². The van der Waals surface area contributed by atoms with E-state index in [0.29, 0.717) is 23.5 Å². The molecule has 3 saturated carbocycles. The van der Waals surface area contributed by atoms with E-state index >= 15 is 0 Å². The van der Waals surface area contributed by atoms with E-state index in [1.165, 1.54) is 24.8 Å². The number of carbonyl (C=O) groups is 1. The maximum absolute atomic E-state index is 12.2. The topological polar surface area (TPSA) is 46.5 Å². The van der Waals surface area contributed by atoms with Crippen molar-refractivity contribution in [3.8, 4) is 0 Å². The summed E-state index contributed by atoms with van der Waals surface area (Å²) in [6.45, 7) is 5.00. The summed E-state index contributed by atoms with van der Waals surface area (Å²) in [5, 5.41) is 10.2. The Kier molecular flexibility index (Phi) is 4.39. The average molecular weight is 347 g/mol. The van der Waals surface area contributed by atoms with Gasteiger partial charge in [-0.15, -0.1) is 0 Å². The van der Waals surface area contributed by atoms with Crippen LogP contribution in [0.3, 0.4) is 0 Å². The molecule has 0 aromatic rings. The lowest BCUT2D eigenvalue weighted by Gasteiger charge is -2.58. The number of ether oxygens (including phenoxy) is 1. The summed E-state index contributed by atoms with van der Waals surface area (Å²) >= 11 is 0. The highest BCUT2D eigenvalue weighted by molar-refractivity contribution is 5.79. The van der Waals surface area contributed by atoms with Gasteiger partial charge in [-0.1, -0.05) is 18.6 Å². The van der Waals surface area contributed by atoms with Crippen LogP contribution < -0.4 is 0 Å². The Morgan fingerprint density at radius 3 is 2.76 bits per heavy atom. The number of hydrogen-bond acceptors (Lipinski definition) is 3. The average Bonchev–Trinajstić information content (AvgIpc) is 2.93. The molecule has 7 atom stereocenters. The first-order valence-corrected chi connectivity index (χ1v) is 10.3. The third-order valence-corrected chi connectivity index (χ3v) is 8.69. The molecule has 1 N–H and O–H groups in total. The minimum Gasteiger partial charge on any atom is -0.393 e. The summed E-state index contributed by atoms with van der Waals surface area (Å²) in [5.74, 6) is 2.72. The van der Waals surface area contributed by atoms with Crippen molar-refractivity contribution >= 4 is 5.78 Å². The third-order valence-electron chi connectivity index (χ3n) is 8.69. The fourth-order valence-electron chi connectivity index (χ4n) is 7.63. The molecule has 3 fully saturated rings. The third kappa shape index (κ3) is 2.49. The largest absolute Gasteiger partial charge is 0.393 e. The van der Waals surface area contributed by atoms with Crippen LogP contribution in [0, 0.1) is 34.5 Å². The number of Topliss-reactive ketones (excluding diaryl/α,β-unsaturated/α-hetero) is 1. The molecule has 3 nitrogen and oxygen atoms in total. The highest BCUT2D eigenvalue weighted by atomic mass is 16.5. The predicted molar refractivity (Wildman–Crippen MR) is 98.1 cm³/mol. The van der Waals surface area contributed by atoms with Crippen molar-refractivity contribution < 1.29 is 14.6 Å². The van der Waals surface area contributed by atoms with Crippen molar-refractivity contribution in [3.05, 3.63) is 11.6 Å². The Bertz CT molecular complexity index is 582. The predicted octanol–water partition coefficient (Wildman–Crippen LogP) is 4.14. The number of aliphatic hydroxyl groups is 1. The highest BCUT2D eigenvalue weighted by Crippen LogP contribution is 2.66. The van der Waals surface area contributed by atoms with Crippen molar-refractivity contribution in [2.75, 3.05) is 13.7 Å². The van der Waals surface area contributed by atoms with E-state index in [4.69, 9.17) is 4.74 Å². The maximum atomic E-state index is 12.2. The van der Waals surface area contributed by atoms with E-state index in [1.54, 1.807) is 6.92 Å². The van der Waals surface area contributed by atoms with Crippen LogP contribution in [0.4, 0.5) is 0 Å². The van der Waals surface area contributed by atoms with E-state index in [2.05, 4.69) is 13.0 Å². The number of aliphatic hydroxyl groups excluding tert-OH is 1. The van der Waals surface area contributed by atoms with Crippen molar-refractivity contribution in [1.82, 2.24) is 0 Å². The highest BCUT2D eigenvalue weighted by Gasteiger charge is 2.60. The van der Waals surface area contributed by atoms with Crippen LogP contribution in [0.15, 0.2) is 11.6 Å². The van der Waals surface area contributed by atoms with Gasteiger partial charge in [0.05, 0.1) is 12.7 Å². The molecular formula is C22H34O3. The normalized spacial score (nSPS) is 49.0. The molecule has 0 saturated heterocycles. The van der Waals surface area contributed by atoms with Gasteiger partial charge in [0, 0.05) is 18.4 Å². The van der Waals surface area contributed by atoms with Gasteiger partial charge in [-0.2, -0.15) is 0 Å². The lowest BCUT2D eigenvalue weighted by atomic mass is 9.47. The van der Waals surface area contributed by atoms with Gasteiger partial charge < -0.3 is 9.84 Å². The van der Waals surface area contributed by atoms with E-state index in [1.807, 2.05) is 7.11 Å². The van der Waals surface area contributed by atoms with Gasteiger partial charge in [-0.3, -0.25) is 4.79 Å². The Morgan fingerprint density at radius 2 is 2.04 bits per heavy atom. The molecule has 140 valence electrons. The minimum atomic E-state index is -0.171. The Hall–Kier alpha value is -0.670. The van der Waals surface area contributed by atoms with Gasteiger partial charge in [-0.05, 0) is 81.5 Å². The SMILES string of the molecule is COC[C@]12CCC(O)CC1=CC[C@H]1[C@@H]3CC[C@H](C(C)=O)C3(C)CC[C@@H]12. The summed E-state index contributed by atoms with van der Waals surface area (Å²) in [7, 11) is 1.83. The van der Waals surface area contributed by atoms with Crippen LogP contribution in [0.5, 0.6) is 0 Å². The zero-order chi connectivity index (χ0) is 17.8. The number of rotatable bonds is 3. The molecule has 4 aliphatic rings. The minimum absolute atomic E-state index is 0.145. The molecule has 0 aromatic heterocycles. The lowest BCUT2D eigenvalue weighted by molar-refractivity contribution is -0.128. The van der Waals surface area contributed by atoms with Gasteiger partial charge in [0.1, 0.15) is 5.78 Å². The summed E-state index contributed by atoms with van der Waals surface area (Å²) in [5.41, 5.74) is 1.83. The summed E-state index contributed by atoms with van der Waals surface area (Å²) < 4.78 is 5.75. The molecule has 0 amide bonds. The smallest absolute Gasteiger partial charge is 0.133 e. The summed E-state index contributed by atoms with van der Waals surface area (Å²) in [6.07, 6.45) is 10.9. The van der Waals surface area contributed by atoms with Crippen LogP contribution in [0.2, 0.25) is 0 Å². The second-order valence-corrected chi connectivity index (χ2v) is 9.61. The maximum Gasteiger partial charge on any atom is 0.133 e. The first-order chi connectivity index (χ1) is 11.9. The molecule has 0 aliphatic heterocycles. The fourth-order valence-corrected chi connectivity index (χ4v) is 7.63. The van der Waals surface area contributed by atoms with Crippen molar-refractivity contribution in [2.45, 2.75) is 71.3 Å². The molecule has 0 heterocycles. The summed E-state index contributed by atoms with van der Waals surface area (Å²) in [6, 6.07) is 0. The van der Waals surface area contributed by atoms with E-state index < -0.39 is 0 Å². The zero-order valence-corrected chi connectivity index (χ0v) is 16.1. The molecule has 2 unspecified atom stereocenters. The van der Waals surface area contributed by atoms with Crippen molar-refractivity contribution in [3.63, 3.8) is 0 Å². The van der Waals surface area contributed by atoms with Gasteiger partial charge in [0.25, 0.3) is 0 Å². The first kappa shape index (κ1) is 17.7. The zero-order valence-electron chi connectivity index (χ0n) is 16.1. The van der Waals surface area contributed by atoms with Gasteiger partial charge >= 0.3 is 0 Å². The molecule has 0 bridgehead atoms. The van der Waals surface area contributed by atoms with Crippen LogP contribution >= 0.6 is 0 Å². The van der Waals surface area contributed by atoms with Gasteiger partial charge in [-0.25, -0.2) is 0 Å². The molecule has 25 heavy (non-hydrogen) atoms. The standard InChI is InChI=1S/C22H34O3/c1-14(23)18-6-7-19-17-5-4-15-12-16(24)8-11-22(15,13-25-3)20(17)9-10-21(18,19)2/h4,16-20,24H,5-13H2,1-3H3/t16?,17-,18+,19-,20-,21?,22+/m0/s1. The number of ketones is 1. The lowest BCUT2D eigenvalue weighted by Crippen LogP contribution is -2.53. The van der Waals surface area contributed by atoms with Crippen LogP contribution in [-0.4, -0.2) is 30.7 Å². The quantitative estimate of drug-likeness (QED) is 0.781. The molecule has 0 radical (unpaired) electrons. The van der Waals surface area contributed by atoms with E-state index in [0.717, 1.165) is 38.7 Å². The summed E-state index contributed by atoms with van der Waals surface area (Å²) in [4.78, 5) is 12.2. The first-order valence-electron chi connectivity index (χ1n) is 10.3.